The second kappa shape index (κ2) is 10.6. The minimum Gasteiger partial charge on any atom is -0.355 e. The maximum absolute atomic E-state index is 12.9. The van der Waals surface area contributed by atoms with Crippen molar-refractivity contribution in [1.29, 1.82) is 0 Å². The summed E-state index contributed by atoms with van der Waals surface area (Å²) in [5.74, 6) is 0.476. The summed E-state index contributed by atoms with van der Waals surface area (Å²) >= 11 is 6.12. The van der Waals surface area contributed by atoms with Gasteiger partial charge in [0.2, 0.25) is 0 Å². The SMILES string of the molecule is Cc1ccc(NC(=O)c2cc(Cl)ccc2NC(=O)c2ccc(N3CCCN(C)CC3)nc2)nc1. The molecule has 8 nitrogen and oxygen atoms in total. The third kappa shape index (κ3) is 5.89. The highest BCUT2D eigenvalue weighted by atomic mass is 35.5. The van der Waals surface area contributed by atoms with Crippen LogP contribution in [-0.2, 0) is 0 Å². The number of hydrogen-bond donors (Lipinski definition) is 2. The summed E-state index contributed by atoms with van der Waals surface area (Å²) in [6.45, 7) is 5.78. The van der Waals surface area contributed by atoms with Gasteiger partial charge in [0.05, 0.1) is 16.8 Å². The summed E-state index contributed by atoms with van der Waals surface area (Å²) in [6.07, 6.45) is 4.29. The molecule has 3 heterocycles. The van der Waals surface area contributed by atoms with Gasteiger partial charge in [-0.25, -0.2) is 9.97 Å². The molecule has 0 atom stereocenters. The number of aromatic nitrogens is 2. The highest BCUT2D eigenvalue weighted by Gasteiger charge is 2.18. The van der Waals surface area contributed by atoms with Gasteiger partial charge in [-0.3, -0.25) is 9.59 Å². The lowest BCUT2D eigenvalue weighted by Gasteiger charge is -2.21. The van der Waals surface area contributed by atoms with Crippen molar-refractivity contribution in [3.63, 3.8) is 0 Å². The van der Waals surface area contributed by atoms with Crippen LogP contribution in [0.5, 0.6) is 0 Å². The van der Waals surface area contributed by atoms with Crippen molar-refractivity contribution >= 4 is 40.7 Å². The normalized spacial score (nSPS) is 14.4. The molecule has 1 aromatic carbocycles. The second-order valence-electron chi connectivity index (χ2n) is 8.37. The van der Waals surface area contributed by atoms with E-state index in [4.69, 9.17) is 11.6 Å². The third-order valence-corrected chi connectivity index (χ3v) is 5.92. The van der Waals surface area contributed by atoms with Crippen molar-refractivity contribution in [3.05, 3.63) is 76.6 Å². The Morgan fingerprint density at radius 2 is 1.76 bits per heavy atom. The maximum Gasteiger partial charge on any atom is 0.258 e. The molecule has 0 aliphatic carbocycles. The van der Waals surface area contributed by atoms with Crippen LogP contribution in [0.2, 0.25) is 5.02 Å². The molecule has 0 spiro atoms. The number of nitrogens with zero attached hydrogens (tertiary/aromatic N) is 4. The number of aryl methyl sites for hydroxylation is 1. The first kappa shape index (κ1) is 23.7. The summed E-state index contributed by atoms with van der Waals surface area (Å²) in [6, 6.07) is 11.9. The van der Waals surface area contributed by atoms with E-state index in [1.807, 2.05) is 19.1 Å². The van der Waals surface area contributed by atoms with Gasteiger partial charge in [-0.05, 0) is 68.9 Å². The topological polar surface area (TPSA) is 90.5 Å². The Bertz CT molecular complexity index is 1170. The van der Waals surface area contributed by atoms with Gasteiger partial charge in [-0.15, -0.1) is 0 Å². The molecule has 0 radical (unpaired) electrons. The van der Waals surface area contributed by atoms with Crippen LogP contribution in [-0.4, -0.2) is 59.9 Å². The average Bonchev–Trinajstić information content (AvgIpc) is 3.06. The van der Waals surface area contributed by atoms with E-state index in [1.54, 1.807) is 36.7 Å². The first-order valence-electron chi connectivity index (χ1n) is 11.1. The number of rotatable bonds is 5. The highest BCUT2D eigenvalue weighted by Crippen LogP contribution is 2.23. The van der Waals surface area contributed by atoms with Crippen LogP contribution in [0.25, 0.3) is 0 Å². The fourth-order valence-electron chi connectivity index (χ4n) is 3.72. The monoisotopic (exact) mass is 478 g/mol. The lowest BCUT2D eigenvalue weighted by Crippen LogP contribution is -2.29. The molecule has 0 unspecified atom stereocenters. The quantitative estimate of drug-likeness (QED) is 0.574. The van der Waals surface area contributed by atoms with Gasteiger partial charge in [0.1, 0.15) is 11.6 Å². The Labute approximate surface area is 204 Å². The van der Waals surface area contributed by atoms with Gasteiger partial charge < -0.3 is 20.4 Å². The van der Waals surface area contributed by atoms with E-state index in [0.717, 1.165) is 44.0 Å². The van der Waals surface area contributed by atoms with E-state index in [9.17, 15) is 9.59 Å². The van der Waals surface area contributed by atoms with Gasteiger partial charge in [0, 0.05) is 37.1 Å². The molecule has 2 amide bonds. The summed E-state index contributed by atoms with van der Waals surface area (Å²) in [4.78, 5) is 39.0. The van der Waals surface area contributed by atoms with Gasteiger partial charge in [-0.2, -0.15) is 0 Å². The third-order valence-electron chi connectivity index (χ3n) is 5.68. The molecule has 1 aliphatic rings. The molecule has 34 heavy (non-hydrogen) atoms. The van der Waals surface area contributed by atoms with Crippen LogP contribution in [0.3, 0.4) is 0 Å². The van der Waals surface area contributed by atoms with Gasteiger partial charge >= 0.3 is 0 Å². The molecule has 9 heteroatoms. The van der Waals surface area contributed by atoms with E-state index in [1.165, 1.54) is 6.07 Å². The zero-order chi connectivity index (χ0) is 24.1. The van der Waals surface area contributed by atoms with E-state index in [0.29, 0.717) is 22.1 Å². The lowest BCUT2D eigenvalue weighted by molar-refractivity contribution is 0.102. The zero-order valence-corrected chi connectivity index (χ0v) is 20.0. The molecule has 2 aromatic heterocycles. The number of carbonyl (C=O) groups is 2. The van der Waals surface area contributed by atoms with Crippen LogP contribution < -0.4 is 15.5 Å². The summed E-state index contributed by atoms with van der Waals surface area (Å²) in [5.41, 5.74) is 1.97. The second-order valence-corrected chi connectivity index (χ2v) is 8.80. The molecule has 3 aromatic rings. The molecule has 1 saturated heterocycles. The Balaban J connectivity index is 1.47. The molecular formula is C25H27ClN6O2. The zero-order valence-electron chi connectivity index (χ0n) is 19.2. The predicted molar refractivity (Wildman–Crippen MR) is 135 cm³/mol. The number of benzene rings is 1. The van der Waals surface area contributed by atoms with Gasteiger partial charge in [0.25, 0.3) is 11.8 Å². The maximum atomic E-state index is 12.9. The number of pyridine rings is 2. The van der Waals surface area contributed by atoms with E-state index in [-0.39, 0.29) is 11.5 Å². The Morgan fingerprint density at radius 3 is 2.50 bits per heavy atom. The Kier molecular flexibility index (Phi) is 7.40. The van der Waals surface area contributed by atoms with Crippen molar-refractivity contribution in [2.24, 2.45) is 0 Å². The number of nitrogens with one attached hydrogen (secondary N) is 2. The van der Waals surface area contributed by atoms with Crippen LogP contribution in [0.15, 0.2) is 54.9 Å². The Hall–Kier alpha value is -3.49. The average molecular weight is 479 g/mol. The predicted octanol–water partition coefficient (Wildman–Crippen LogP) is 4.08. The van der Waals surface area contributed by atoms with Crippen molar-refractivity contribution in [3.8, 4) is 0 Å². The van der Waals surface area contributed by atoms with E-state index in [2.05, 4.69) is 37.4 Å². The molecule has 2 N–H and O–H groups in total. The molecule has 176 valence electrons. The van der Waals surface area contributed by atoms with E-state index >= 15 is 0 Å². The first-order chi connectivity index (χ1) is 16.4. The molecular weight excluding hydrogens is 452 g/mol. The van der Waals surface area contributed by atoms with Gasteiger partial charge in [0.15, 0.2) is 0 Å². The van der Waals surface area contributed by atoms with Crippen molar-refractivity contribution < 1.29 is 9.59 Å². The minimum atomic E-state index is -0.422. The summed E-state index contributed by atoms with van der Waals surface area (Å²) < 4.78 is 0. The number of halogens is 1. The number of amides is 2. The van der Waals surface area contributed by atoms with Crippen molar-refractivity contribution in [2.75, 3.05) is 48.8 Å². The van der Waals surface area contributed by atoms with E-state index < -0.39 is 5.91 Å². The molecule has 4 rings (SSSR count). The number of anilines is 3. The van der Waals surface area contributed by atoms with Crippen LogP contribution in [0, 0.1) is 6.92 Å². The van der Waals surface area contributed by atoms with Crippen molar-refractivity contribution in [1.82, 2.24) is 14.9 Å². The molecule has 0 bridgehead atoms. The van der Waals surface area contributed by atoms with Crippen LogP contribution in [0.1, 0.15) is 32.7 Å². The number of hydrogen-bond acceptors (Lipinski definition) is 6. The summed E-state index contributed by atoms with van der Waals surface area (Å²) in [7, 11) is 2.12. The van der Waals surface area contributed by atoms with Crippen molar-refractivity contribution in [2.45, 2.75) is 13.3 Å². The largest absolute Gasteiger partial charge is 0.355 e. The minimum absolute atomic E-state index is 0.237. The van der Waals surface area contributed by atoms with Gasteiger partial charge in [-0.1, -0.05) is 17.7 Å². The van der Waals surface area contributed by atoms with Crippen LogP contribution >= 0.6 is 11.6 Å². The standard InChI is InChI=1S/C25H27ClN6O2/c1-17-4-8-22(27-15-17)30-25(34)20-14-19(26)6-7-21(20)29-24(33)18-5-9-23(28-16-18)32-11-3-10-31(2)12-13-32/h4-9,14-16H,3,10-13H2,1-2H3,(H,29,33)(H,27,30,34). The summed E-state index contributed by atoms with van der Waals surface area (Å²) in [5, 5.41) is 5.93. The Morgan fingerprint density at radius 1 is 0.912 bits per heavy atom. The number of likely N-dealkylation sites (N-methyl/N-ethyl adjacent to an activating group) is 1. The van der Waals surface area contributed by atoms with Crippen LogP contribution in [0.4, 0.5) is 17.3 Å². The lowest BCUT2D eigenvalue weighted by atomic mass is 10.1. The highest BCUT2D eigenvalue weighted by molar-refractivity contribution is 6.31. The molecule has 1 fully saturated rings. The fraction of sp³-hybridized carbons (Fsp3) is 0.280. The first-order valence-corrected chi connectivity index (χ1v) is 11.5. The number of carbonyl (C=O) groups excluding carboxylic acids is 2. The smallest absolute Gasteiger partial charge is 0.258 e. The fourth-order valence-corrected chi connectivity index (χ4v) is 3.89. The molecule has 1 aliphatic heterocycles. The molecule has 0 saturated carbocycles.